The van der Waals surface area contributed by atoms with Gasteiger partial charge in [-0.3, -0.25) is 4.79 Å². The molecule has 0 bridgehead atoms. The molecule has 1 saturated heterocycles. The van der Waals surface area contributed by atoms with Crippen molar-refractivity contribution in [3.63, 3.8) is 0 Å². The number of amides is 1. The van der Waals surface area contributed by atoms with Crippen molar-refractivity contribution < 1.29 is 4.79 Å². The van der Waals surface area contributed by atoms with Gasteiger partial charge in [0.25, 0.3) is 0 Å². The zero-order valence-corrected chi connectivity index (χ0v) is 8.89. The van der Waals surface area contributed by atoms with E-state index in [1.807, 2.05) is 18.9 Å². The van der Waals surface area contributed by atoms with Crippen molar-refractivity contribution >= 4 is 5.91 Å². The minimum absolute atomic E-state index is 0.164. The molecule has 13 heavy (non-hydrogen) atoms. The minimum Gasteiger partial charge on any atom is -0.346 e. The van der Waals surface area contributed by atoms with E-state index in [2.05, 4.69) is 12.2 Å². The molecule has 1 unspecified atom stereocenters. The normalized spacial score (nSPS) is 28.5. The lowest BCUT2D eigenvalue weighted by molar-refractivity contribution is -0.140. The molecule has 1 aliphatic rings. The Bertz CT molecular complexity index is 185. The summed E-state index contributed by atoms with van der Waals surface area (Å²) >= 11 is 0. The summed E-state index contributed by atoms with van der Waals surface area (Å²) in [5.41, 5.74) is -0.164. The van der Waals surface area contributed by atoms with Crippen molar-refractivity contribution in [1.82, 2.24) is 10.2 Å². The zero-order valence-electron chi connectivity index (χ0n) is 8.89. The lowest BCUT2D eigenvalue weighted by atomic mass is 9.81. The van der Waals surface area contributed by atoms with E-state index in [0.717, 1.165) is 32.5 Å². The molecule has 0 aromatic rings. The molecular formula is C10H20N2O. The number of hydrogen-bond donors (Lipinski definition) is 1. The third-order valence-corrected chi connectivity index (χ3v) is 2.93. The average molecular weight is 184 g/mol. The highest BCUT2D eigenvalue weighted by atomic mass is 16.2. The van der Waals surface area contributed by atoms with Crippen molar-refractivity contribution in [3.8, 4) is 0 Å². The molecule has 0 aromatic heterocycles. The van der Waals surface area contributed by atoms with E-state index in [9.17, 15) is 4.79 Å². The molecule has 0 saturated carbocycles. The third-order valence-electron chi connectivity index (χ3n) is 2.93. The van der Waals surface area contributed by atoms with Gasteiger partial charge in [-0.25, -0.2) is 0 Å². The molecular weight excluding hydrogens is 164 g/mol. The molecule has 1 N–H and O–H groups in total. The molecule has 3 nitrogen and oxygen atoms in total. The molecule has 3 heteroatoms. The van der Waals surface area contributed by atoms with Crippen molar-refractivity contribution in [1.29, 1.82) is 0 Å². The summed E-state index contributed by atoms with van der Waals surface area (Å²) in [6.45, 7) is 6.76. The van der Waals surface area contributed by atoms with Crippen LogP contribution in [0.1, 0.15) is 26.7 Å². The summed E-state index contributed by atoms with van der Waals surface area (Å²) in [6, 6.07) is 0. The van der Waals surface area contributed by atoms with E-state index in [4.69, 9.17) is 0 Å². The number of hydrogen-bond acceptors (Lipinski definition) is 2. The Morgan fingerprint density at radius 1 is 1.62 bits per heavy atom. The number of carbonyl (C=O) groups is 1. The second-order valence-corrected chi connectivity index (χ2v) is 4.16. The van der Waals surface area contributed by atoms with E-state index in [1.54, 1.807) is 0 Å². The number of nitrogens with one attached hydrogen (secondary N) is 1. The van der Waals surface area contributed by atoms with Crippen LogP contribution in [-0.4, -0.2) is 37.5 Å². The SMILES string of the molecule is CCN(C)C(=O)C1(C)CCCNC1. The van der Waals surface area contributed by atoms with Crippen LogP contribution in [0.2, 0.25) is 0 Å². The Kier molecular flexibility index (Phi) is 3.31. The quantitative estimate of drug-likeness (QED) is 0.690. The standard InChI is InChI=1S/C10H20N2O/c1-4-12(3)9(13)10(2)6-5-7-11-8-10/h11H,4-8H2,1-3H3. The van der Waals surface area contributed by atoms with Crippen molar-refractivity contribution in [2.45, 2.75) is 26.7 Å². The minimum atomic E-state index is -0.164. The Balaban J connectivity index is 2.61. The van der Waals surface area contributed by atoms with Crippen LogP contribution < -0.4 is 5.32 Å². The fourth-order valence-corrected chi connectivity index (χ4v) is 1.84. The smallest absolute Gasteiger partial charge is 0.229 e. The maximum absolute atomic E-state index is 11.9. The summed E-state index contributed by atoms with van der Waals surface area (Å²) in [5.74, 6) is 0.280. The Morgan fingerprint density at radius 2 is 2.31 bits per heavy atom. The molecule has 1 amide bonds. The number of nitrogens with zero attached hydrogens (tertiary/aromatic N) is 1. The Hall–Kier alpha value is -0.570. The number of piperidine rings is 1. The highest BCUT2D eigenvalue weighted by molar-refractivity contribution is 5.82. The maximum atomic E-state index is 11.9. The van der Waals surface area contributed by atoms with Crippen molar-refractivity contribution in [2.75, 3.05) is 26.7 Å². The largest absolute Gasteiger partial charge is 0.346 e. The lowest BCUT2D eigenvalue weighted by Crippen LogP contribution is -2.49. The van der Waals surface area contributed by atoms with Crippen LogP contribution >= 0.6 is 0 Å². The Morgan fingerprint density at radius 3 is 2.77 bits per heavy atom. The second kappa shape index (κ2) is 4.09. The molecule has 0 aliphatic carbocycles. The second-order valence-electron chi connectivity index (χ2n) is 4.16. The van der Waals surface area contributed by atoms with Crippen LogP contribution in [0, 0.1) is 5.41 Å². The van der Waals surface area contributed by atoms with Crippen molar-refractivity contribution in [2.24, 2.45) is 5.41 Å². The first-order valence-corrected chi connectivity index (χ1v) is 5.06. The highest BCUT2D eigenvalue weighted by Crippen LogP contribution is 2.27. The predicted molar refractivity (Wildman–Crippen MR) is 53.5 cm³/mol. The first kappa shape index (κ1) is 10.5. The first-order valence-electron chi connectivity index (χ1n) is 5.06. The van der Waals surface area contributed by atoms with Crippen LogP contribution in [0.15, 0.2) is 0 Å². The van der Waals surface area contributed by atoms with Crippen LogP contribution in [0.3, 0.4) is 0 Å². The van der Waals surface area contributed by atoms with E-state index in [0.29, 0.717) is 0 Å². The fourth-order valence-electron chi connectivity index (χ4n) is 1.84. The van der Waals surface area contributed by atoms with Gasteiger partial charge < -0.3 is 10.2 Å². The van der Waals surface area contributed by atoms with E-state index in [-0.39, 0.29) is 11.3 Å². The van der Waals surface area contributed by atoms with Gasteiger partial charge in [-0.05, 0) is 33.2 Å². The molecule has 1 aliphatic heterocycles. The first-order chi connectivity index (χ1) is 6.10. The maximum Gasteiger partial charge on any atom is 0.229 e. The van der Waals surface area contributed by atoms with E-state index >= 15 is 0 Å². The summed E-state index contributed by atoms with van der Waals surface area (Å²) in [7, 11) is 1.88. The molecule has 1 fully saturated rings. The van der Waals surface area contributed by atoms with Gasteiger partial charge in [0.05, 0.1) is 5.41 Å². The monoisotopic (exact) mass is 184 g/mol. The highest BCUT2D eigenvalue weighted by Gasteiger charge is 2.35. The summed E-state index contributed by atoms with van der Waals surface area (Å²) in [4.78, 5) is 13.7. The molecule has 76 valence electrons. The molecule has 0 aromatic carbocycles. The third kappa shape index (κ3) is 2.21. The number of rotatable bonds is 2. The predicted octanol–water partition coefficient (Wildman–Crippen LogP) is 0.854. The van der Waals surface area contributed by atoms with Gasteiger partial charge in [0, 0.05) is 20.1 Å². The molecule has 0 radical (unpaired) electrons. The summed E-state index contributed by atoms with van der Waals surface area (Å²) in [5, 5.41) is 3.29. The van der Waals surface area contributed by atoms with Gasteiger partial charge >= 0.3 is 0 Å². The number of carbonyl (C=O) groups excluding carboxylic acids is 1. The zero-order chi connectivity index (χ0) is 9.90. The molecule has 1 atom stereocenters. The molecule has 1 rings (SSSR count). The van der Waals surface area contributed by atoms with Crippen LogP contribution in [0.4, 0.5) is 0 Å². The van der Waals surface area contributed by atoms with Gasteiger partial charge in [-0.2, -0.15) is 0 Å². The van der Waals surface area contributed by atoms with Crippen molar-refractivity contribution in [3.05, 3.63) is 0 Å². The van der Waals surface area contributed by atoms with E-state index < -0.39 is 0 Å². The topological polar surface area (TPSA) is 32.3 Å². The van der Waals surface area contributed by atoms with Crippen LogP contribution in [-0.2, 0) is 4.79 Å². The van der Waals surface area contributed by atoms with Crippen LogP contribution in [0.25, 0.3) is 0 Å². The van der Waals surface area contributed by atoms with Crippen LogP contribution in [0.5, 0.6) is 0 Å². The van der Waals surface area contributed by atoms with Gasteiger partial charge in [0.1, 0.15) is 0 Å². The molecule has 1 heterocycles. The average Bonchev–Trinajstić information content (AvgIpc) is 2.16. The summed E-state index contributed by atoms with van der Waals surface area (Å²) < 4.78 is 0. The van der Waals surface area contributed by atoms with Gasteiger partial charge in [0.2, 0.25) is 5.91 Å². The van der Waals surface area contributed by atoms with Gasteiger partial charge in [-0.15, -0.1) is 0 Å². The molecule has 0 spiro atoms. The lowest BCUT2D eigenvalue weighted by Gasteiger charge is -2.35. The van der Waals surface area contributed by atoms with Gasteiger partial charge in [-0.1, -0.05) is 0 Å². The van der Waals surface area contributed by atoms with Gasteiger partial charge in [0.15, 0.2) is 0 Å². The Labute approximate surface area is 80.5 Å². The van der Waals surface area contributed by atoms with E-state index in [1.165, 1.54) is 0 Å². The fraction of sp³-hybridized carbons (Fsp3) is 0.900. The summed E-state index contributed by atoms with van der Waals surface area (Å²) in [6.07, 6.45) is 2.13.